The van der Waals surface area contributed by atoms with Gasteiger partial charge in [-0.05, 0) is 23.6 Å². The summed E-state index contributed by atoms with van der Waals surface area (Å²) in [5.41, 5.74) is 2.13. The van der Waals surface area contributed by atoms with Gasteiger partial charge in [-0.2, -0.15) is 0 Å². The van der Waals surface area contributed by atoms with Crippen LogP contribution in [0.4, 0.5) is 4.39 Å². The van der Waals surface area contributed by atoms with E-state index in [0.717, 1.165) is 16.5 Å². The highest BCUT2D eigenvalue weighted by Gasteiger charge is 2.20. The summed E-state index contributed by atoms with van der Waals surface area (Å²) in [6.45, 7) is 0.358. The molecule has 2 aromatic carbocycles. The lowest BCUT2D eigenvalue weighted by atomic mass is 10.1. The standard InChI is InChI=1S/C21H23FN2O4/c1-26-17-11-16-19(21(28-3)20(17)27-2)14(12-24-16)10-18(25)23-9-8-13-6-4-5-7-15(13)22/h4-7,11-12,24H,8-10H2,1-3H3,(H,23,25). The highest BCUT2D eigenvalue weighted by atomic mass is 19.1. The van der Waals surface area contributed by atoms with Crippen LogP contribution < -0.4 is 19.5 Å². The maximum atomic E-state index is 13.7. The fourth-order valence-corrected chi connectivity index (χ4v) is 3.24. The van der Waals surface area contributed by atoms with Crippen molar-refractivity contribution >= 4 is 16.8 Å². The van der Waals surface area contributed by atoms with Gasteiger partial charge < -0.3 is 24.5 Å². The van der Waals surface area contributed by atoms with Gasteiger partial charge in [-0.15, -0.1) is 0 Å². The molecule has 7 heteroatoms. The average Bonchev–Trinajstić information content (AvgIpc) is 3.10. The molecule has 1 aromatic heterocycles. The zero-order chi connectivity index (χ0) is 20.1. The van der Waals surface area contributed by atoms with E-state index in [9.17, 15) is 9.18 Å². The fraction of sp³-hybridized carbons (Fsp3) is 0.286. The number of aromatic nitrogens is 1. The molecule has 3 aromatic rings. The number of fused-ring (bicyclic) bond motifs is 1. The van der Waals surface area contributed by atoms with Gasteiger partial charge in [0.1, 0.15) is 5.82 Å². The maximum Gasteiger partial charge on any atom is 0.224 e. The Balaban J connectivity index is 1.75. The Morgan fingerprint density at radius 1 is 1.07 bits per heavy atom. The van der Waals surface area contributed by atoms with Crippen LogP contribution in [-0.4, -0.2) is 38.8 Å². The van der Waals surface area contributed by atoms with Gasteiger partial charge in [0.25, 0.3) is 0 Å². The minimum atomic E-state index is -0.265. The third kappa shape index (κ3) is 3.88. The average molecular weight is 386 g/mol. The number of nitrogens with one attached hydrogen (secondary N) is 2. The molecule has 148 valence electrons. The van der Waals surface area contributed by atoms with E-state index < -0.39 is 0 Å². The zero-order valence-electron chi connectivity index (χ0n) is 16.1. The Morgan fingerprint density at radius 3 is 2.50 bits per heavy atom. The van der Waals surface area contributed by atoms with Crippen molar-refractivity contribution < 1.29 is 23.4 Å². The van der Waals surface area contributed by atoms with Gasteiger partial charge in [-0.25, -0.2) is 4.39 Å². The highest BCUT2D eigenvalue weighted by molar-refractivity contribution is 5.96. The van der Waals surface area contributed by atoms with Crippen LogP contribution in [0.2, 0.25) is 0 Å². The molecule has 6 nitrogen and oxygen atoms in total. The second-order valence-corrected chi connectivity index (χ2v) is 6.25. The van der Waals surface area contributed by atoms with Crippen molar-refractivity contribution in [3.05, 3.63) is 53.5 Å². The lowest BCUT2D eigenvalue weighted by Gasteiger charge is -2.14. The lowest BCUT2D eigenvalue weighted by Crippen LogP contribution is -2.27. The first-order valence-electron chi connectivity index (χ1n) is 8.88. The minimum Gasteiger partial charge on any atom is -0.493 e. The molecule has 0 bridgehead atoms. The Labute approximate surface area is 162 Å². The summed E-state index contributed by atoms with van der Waals surface area (Å²) in [5.74, 6) is 1.09. The number of hydrogen-bond acceptors (Lipinski definition) is 4. The molecule has 0 aliphatic heterocycles. The van der Waals surface area contributed by atoms with Gasteiger partial charge in [0.2, 0.25) is 11.7 Å². The third-order valence-corrected chi connectivity index (χ3v) is 4.58. The van der Waals surface area contributed by atoms with Crippen molar-refractivity contribution in [2.75, 3.05) is 27.9 Å². The van der Waals surface area contributed by atoms with Crippen LogP contribution in [0, 0.1) is 5.82 Å². The smallest absolute Gasteiger partial charge is 0.224 e. The number of aromatic amines is 1. The van der Waals surface area contributed by atoms with Gasteiger partial charge in [0.15, 0.2) is 11.5 Å². The quantitative estimate of drug-likeness (QED) is 0.623. The SMILES string of the molecule is COc1cc2[nH]cc(CC(=O)NCCc3ccccc3F)c2c(OC)c1OC. The molecule has 0 aliphatic carbocycles. The lowest BCUT2D eigenvalue weighted by molar-refractivity contribution is -0.120. The van der Waals surface area contributed by atoms with Crippen LogP contribution in [0.25, 0.3) is 10.9 Å². The number of carbonyl (C=O) groups excluding carboxylic acids is 1. The fourth-order valence-electron chi connectivity index (χ4n) is 3.24. The molecule has 28 heavy (non-hydrogen) atoms. The van der Waals surface area contributed by atoms with E-state index in [1.165, 1.54) is 13.2 Å². The van der Waals surface area contributed by atoms with Crippen molar-refractivity contribution in [2.45, 2.75) is 12.8 Å². The number of methoxy groups -OCH3 is 3. The second kappa shape index (κ2) is 8.65. The number of H-pyrrole nitrogens is 1. The predicted molar refractivity (Wildman–Crippen MR) is 105 cm³/mol. The highest BCUT2D eigenvalue weighted by Crippen LogP contribution is 2.44. The first-order valence-corrected chi connectivity index (χ1v) is 8.88. The van der Waals surface area contributed by atoms with Crippen molar-refractivity contribution in [3.8, 4) is 17.2 Å². The van der Waals surface area contributed by atoms with E-state index >= 15 is 0 Å². The molecule has 1 amide bonds. The normalized spacial score (nSPS) is 10.7. The molecule has 0 radical (unpaired) electrons. The summed E-state index contributed by atoms with van der Waals surface area (Å²) in [7, 11) is 4.63. The van der Waals surface area contributed by atoms with Crippen LogP contribution >= 0.6 is 0 Å². The molecule has 3 rings (SSSR count). The molecule has 0 fully saturated rings. The van der Waals surface area contributed by atoms with Gasteiger partial charge in [0.05, 0.1) is 33.3 Å². The Bertz CT molecular complexity index is 984. The summed E-state index contributed by atoms with van der Waals surface area (Å²) in [5, 5.41) is 3.60. The number of halogens is 1. The molecule has 0 aliphatic rings. The number of amides is 1. The number of ether oxygens (including phenoxy) is 3. The van der Waals surface area contributed by atoms with E-state index in [4.69, 9.17) is 14.2 Å². The summed E-state index contributed by atoms with van der Waals surface area (Å²) in [6.07, 6.45) is 2.35. The summed E-state index contributed by atoms with van der Waals surface area (Å²) >= 11 is 0. The summed E-state index contributed by atoms with van der Waals surface area (Å²) < 4.78 is 30.0. The number of benzene rings is 2. The first-order chi connectivity index (χ1) is 13.6. The zero-order valence-corrected chi connectivity index (χ0v) is 16.1. The Morgan fingerprint density at radius 2 is 1.82 bits per heavy atom. The monoisotopic (exact) mass is 386 g/mol. The Kier molecular flexibility index (Phi) is 6.03. The summed E-state index contributed by atoms with van der Waals surface area (Å²) in [4.78, 5) is 15.5. The summed E-state index contributed by atoms with van der Waals surface area (Å²) in [6, 6.07) is 8.35. The molecule has 2 N–H and O–H groups in total. The number of rotatable bonds is 8. The van der Waals surface area contributed by atoms with E-state index in [0.29, 0.717) is 35.8 Å². The van der Waals surface area contributed by atoms with Gasteiger partial charge in [-0.1, -0.05) is 18.2 Å². The molecule has 0 atom stereocenters. The van der Waals surface area contributed by atoms with E-state index in [1.54, 1.807) is 44.7 Å². The molecular formula is C21H23FN2O4. The van der Waals surface area contributed by atoms with E-state index in [2.05, 4.69) is 10.3 Å². The second-order valence-electron chi connectivity index (χ2n) is 6.25. The minimum absolute atomic E-state index is 0.156. The molecule has 0 unspecified atom stereocenters. The van der Waals surface area contributed by atoms with Crippen LogP contribution in [-0.2, 0) is 17.6 Å². The van der Waals surface area contributed by atoms with Gasteiger partial charge in [-0.3, -0.25) is 4.79 Å². The molecule has 0 spiro atoms. The Hall–Kier alpha value is -3.22. The predicted octanol–water partition coefficient (Wildman–Crippen LogP) is 3.23. The first kappa shape index (κ1) is 19.5. The van der Waals surface area contributed by atoms with Crippen molar-refractivity contribution in [2.24, 2.45) is 0 Å². The van der Waals surface area contributed by atoms with Crippen molar-refractivity contribution in [3.63, 3.8) is 0 Å². The van der Waals surface area contributed by atoms with Crippen LogP contribution in [0.5, 0.6) is 17.2 Å². The molecule has 0 saturated carbocycles. The van der Waals surface area contributed by atoms with Crippen LogP contribution in [0.15, 0.2) is 36.5 Å². The molecular weight excluding hydrogens is 363 g/mol. The number of carbonyl (C=O) groups is 1. The maximum absolute atomic E-state index is 13.7. The van der Waals surface area contributed by atoms with Crippen LogP contribution in [0.1, 0.15) is 11.1 Å². The molecule has 0 saturated heterocycles. The topological polar surface area (TPSA) is 72.6 Å². The van der Waals surface area contributed by atoms with Gasteiger partial charge >= 0.3 is 0 Å². The van der Waals surface area contributed by atoms with Crippen molar-refractivity contribution in [1.82, 2.24) is 10.3 Å². The van der Waals surface area contributed by atoms with Gasteiger partial charge in [0, 0.05) is 24.2 Å². The molecule has 1 heterocycles. The third-order valence-electron chi connectivity index (χ3n) is 4.58. The largest absolute Gasteiger partial charge is 0.493 e. The van der Waals surface area contributed by atoms with E-state index in [-0.39, 0.29) is 18.1 Å². The van der Waals surface area contributed by atoms with E-state index in [1.807, 2.05) is 0 Å². The number of hydrogen-bond donors (Lipinski definition) is 2. The van der Waals surface area contributed by atoms with Crippen molar-refractivity contribution in [1.29, 1.82) is 0 Å². The van der Waals surface area contributed by atoms with Crippen LogP contribution in [0.3, 0.4) is 0 Å².